The molecule has 0 saturated carbocycles. The minimum absolute atomic E-state index is 0.0974. The molecule has 1 heterocycles. The zero-order chi connectivity index (χ0) is 14.6. The van der Waals surface area contributed by atoms with Crippen molar-refractivity contribution in [1.29, 1.82) is 0 Å². The summed E-state index contributed by atoms with van der Waals surface area (Å²) in [5, 5.41) is 12.2. The lowest BCUT2D eigenvalue weighted by molar-refractivity contribution is 0.0847. The Morgan fingerprint density at radius 1 is 1.35 bits per heavy atom. The van der Waals surface area contributed by atoms with Crippen LogP contribution in [0.15, 0.2) is 18.2 Å². The van der Waals surface area contributed by atoms with Gasteiger partial charge in [-0.3, -0.25) is 4.79 Å². The van der Waals surface area contributed by atoms with Gasteiger partial charge in [-0.15, -0.1) is 0 Å². The molecule has 0 fully saturated rings. The minimum Gasteiger partial charge on any atom is -0.490 e. The van der Waals surface area contributed by atoms with Gasteiger partial charge in [-0.1, -0.05) is 6.92 Å². The van der Waals surface area contributed by atoms with Crippen LogP contribution >= 0.6 is 0 Å². The molecule has 1 aliphatic heterocycles. The Morgan fingerprint density at radius 3 is 2.70 bits per heavy atom. The van der Waals surface area contributed by atoms with Gasteiger partial charge in [0, 0.05) is 12.0 Å². The molecule has 2 N–H and O–H groups in total. The standard InChI is InChI=1S/C15H21NO4/c1-3-15(2,10-17)16-14(18)11-5-6-12-13(9-11)20-8-4-7-19-12/h5-6,9,17H,3-4,7-8,10H2,1-2H3,(H,16,18). The maximum absolute atomic E-state index is 12.2. The van der Waals surface area contributed by atoms with Gasteiger partial charge in [-0.05, 0) is 31.5 Å². The van der Waals surface area contributed by atoms with E-state index in [1.165, 1.54) is 0 Å². The predicted octanol–water partition coefficient (Wildman–Crippen LogP) is 1.74. The van der Waals surface area contributed by atoms with Crippen molar-refractivity contribution >= 4 is 5.91 Å². The van der Waals surface area contributed by atoms with Crippen LogP contribution in [0, 0.1) is 0 Å². The minimum atomic E-state index is -0.610. The van der Waals surface area contributed by atoms with Gasteiger partial charge in [0.1, 0.15) is 0 Å². The van der Waals surface area contributed by atoms with Gasteiger partial charge in [-0.25, -0.2) is 0 Å². The van der Waals surface area contributed by atoms with Crippen LogP contribution in [0.1, 0.15) is 37.0 Å². The molecule has 1 atom stereocenters. The quantitative estimate of drug-likeness (QED) is 0.881. The Morgan fingerprint density at radius 2 is 2.05 bits per heavy atom. The van der Waals surface area contributed by atoms with Crippen LogP contribution in [-0.2, 0) is 0 Å². The van der Waals surface area contributed by atoms with E-state index in [0.29, 0.717) is 36.7 Å². The molecule has 0 bridgehead atoms. The number of hydrogen-bond acceptors (Lipinski definition) is 4. The molecule has 0 radical (unpaired) electrons. The van der Waals surface area contributed by atoms with Crippen molar-refractivity contribution in [2.24, 2.45) is 0 Å². The van der Waals surface area contributed by atoms with Crippen molar-refractivity contribution in [3.63, 3.8) is 0 Å². The molecule has 0 saturated heterocycles. The van der Waals surface area contributed by atoms with E-state index in [4.69, 9.17) is 9.47 Å². The molecule has 0 aliphatic carbocycles. The number of aliphatic hydroxyl groups excluding tert-OH is 1. The number of nitrogens with one attached hydrogen (secondary N) is 1. The number of carbonyl (C=O) groups excluding carboxylic acids is 1. The summed E-state index contributed by atoms with van der Waals surface area (Å²) in [6.45, 7) is 4.84. The number of ether oxygens (including phenoxy) is 2. The third-order valence-electron chi connectivity index (χ3n) is 3.55. The average Bonchev–Trinajstić information content (AvgIpc) is 2.71. The fourth-order valence-electron chi connectivity index (χ4n) is 1.89. The molecule has 20 heavy (non-hydrogen) atoms. The summed E-state index contributed by atoms with van der Waals surface area (Å²) in [6, 6.07) is 5.14. The first-order valence-electron chi connectivity index (χ1n) is 6.91. The van der Waals surface area contributed by atoms with Crippen molar-refractivity contribution < 1.29 is 19.4 Å². The molecule has 110 valence electrons. The molecule has 0 aromatic heterocycles. The summed E-state index contributed by atoms with van der Waals surface area (Å²) in [5.74, 6) is 1.04. The van der Waals surface area contributed by atoms with E-state index in [0.717, 1.165) is 6.42 Å². The van der Waals surface area contributed by atoms with E-state index in [1.54, 1.807) is 18.2 Å². The van der Waals surface area contributed by atoms with Gasteiger partial charge < -0.3 is 19.9 Å². The molecule has 1 unspecified atom stereocenters. The molecule has 5 nitrogen and oxygen atoms in total. The van der Waals surface area contributed by atoms with E-state index >= 15 is 0 Å². The average molecular weight is 279 g/mol. The van der Waals surface area contributed by atoms with E-state index < -0.39 is 5.54 Å². The number of hydrogen-bond donors (Lipinski definition) is 2. The fraction of sp³-hybridized carbons (Fsp3) is 0.533. The summed E-state index contributed by atoms with van der Waals surface area (Å²) in [4.78, 5) is 12.2. The Kier molecular flexibility index (Phi) is 4.49. The zero-order valence-electron chi connectivity index (χ0n) is 11.9. The fourth-order valence-corrected chi connectivity index (χ4v) is 1.89. The highest BCUT2D eigenvalue weighted by molar-refractivity contribution is 5.95. The molecule has 0 spiro atoms. The summed E-state index contributed by atoms with van der Waals surface area (Å²) in [6.07, 6.45) is 1.48. The number of rotatable bonds is 4. The highest BCUT2D eigenvalue weighted by Crippen LogP contribution is 2.30. The van der Waals surface area contributed by atoms with Crippen molar-refractivity contribution in [2.45, 2.75) is 32.2 Å². The van der Waals surface area contributed by atoms with E-state index in [9.17, 15) is 9.90 Å². The molecule has 1 amide bonds. The third kappa shape index (κ3) is 3.22. The van der Waals surface area contributed by atoms with Crippen LogP contribution < -0.4 is 14.8 Å². The van der Waals surface area contributed by atoms with Crippen LogP contribution in [0.3, 0.4) is 0 Å². The monoisotopic (exact) mass is 279 g/mol. The largest absolute Gasteiger partial charge is 0.490 e. The maximum Gasteiger partial charge on any atom is 0.251 e. The molecule has 1 aromatic rings. The van der Waals surface area contributed by atoms with Crippen molar-refractivity contribution in [1.82, 2.24) is 5.32 Å². The normalized spacial score (nSPS) is 16.9. The van der Waals surface area contributed by atoms with Crippen molar-refractivity contribution in [3.8, 4) is 11.5 Å². The lowest BCUT2D eigenvalue weighted by atomic mass is 9.99. The van der Waals surface area contributed by atoms with Crippen molar-refractivity contribution in [2.75, 3.05) is 19.8 Å². The maximum atomic E-state index is 12.2. The lowest BCUT2D eigenvalue weighted by Gasteiger charge is -2.27. The van der Waals surface area contributed by atoms with E-state index in [2.05, 4.69) is 5.32 Å². The predicted molar refractivity (Wildman–Crippen MR) is 75.3 cm³/mol. The van der Waals surface area contributed by atoms with Crippen molar-refractivity contribution in [3.05, 3.63) is 23.8 Å². The van der Waals surface area contributed by atoms with Crippen LogP contribution in [0.4, 0.5) is 0 Å². The lowest BCUT2D eigenvalue weighted by Crippen LogP contribution is -2.48. The molecule has 1 aromatic carbocycles. The first-order valence-corrected chi connectivity index (χ1v) is 6.91. The SMILES string of the molecule is CCC(C)(CO)NC(=O)c1ccc2c(c1)OCCCO2. The Bertz CT molecular complexity index is 483. The topological polar surface area (TPSA) is 67.8 Å². The van der Waals surface area contributed by atoms with E-state index in [-0.39, 0.29) is 12.5 Å². The van der Waals surface area contributed by atoms with E-state index in [1.807, 2.05) is 13.8 Å². The third-order valence-corrected chi connectivity index (χ3v) is 3.55. The smallest absolute Gasteiger partial charge is 0.251 e. The van der Waals surface area contributed by atoms with Crippen LogP contribution in [0.5, 0.6) is 11.5 Å². The number of benzene rings is 1. The Hall–Kier alpha value is -1.75. The molecular weight excluding hydrogens is 258 g/mol. The van der Waals surface area contributed by atoms with Gasteiger partial charge in [0.2, 0.25) is 0 Å². The zero-order valence-corrected chi connectivity index (χ0v) is 11.9. The van der Waals surface area contributed by atoms with Gasteiger partial charge in [-0.2, -0.15) is 0 Å². The Balaban J connectivity index is 2.17. The first-order chi connectivity index (χ1) is 9.58. The van der Waals surface area contributed by atoms with Gasteiger partial charge in [0.15, 0.2) is 11.5 Å². The Labute approximate surface area is 118 Å². The van der Waals surface area contributed by atoms with Gasteiger partial charge >= 0.3 is 0 Å². The van der Waals surface area contributed by atoms with Crippen LogP contribution in [-0.4, -0.2) is 36.4 Å². The molecule has 2 rings (SSSR count). The molecular formula is C15H21NO4. The number of fused-ring (bicyclic) bond motifs is 1. The van der Waals surface area contributed by atoms with Crippen LogP contribution in [0.25, 0.3) is 0 Å². The van der Waals surface area contributed by atoms with Gasteiger partial charge in [0.25, 0.3) is 5.91 Å². The summed E-state index contributed by atoms with van der Waals surface area (Å²) < 4.78 is 11.1. The first kappa shape index (κ1) is 14.7. The second-order valence-electron chi connectivity index (χ2n) is 5.24. The molecule has 5 heteroatoms. The number of aliphatic hydroxyl groups is 1. The second kappa shape index (κ2) is 6.13. The summed E-state index contributed by atoms with van der Waals surface area (Å²) >= 11 is 0. The number of carbonyl (C=O) groups is 1. The van der Waals surface area contributed by atoms with Crippen LogP contribution in [0.2, 0.25) is 0 Å². The highest BCUT2D eigenvalue weighted by atomic mass is 16.5. The number of amides is 1. The summed E-state index contributed by atoms with van der Waals surface area (Å²) in [5.41, 5.74) is -0.108. The second-order valence-corrected chi connectivity index (χ2v) is 5.24. The summed E-state index contributed by atoms with van der Waals surface area (Å²) in [7, 11) is 0. The highest BCUT2D eigenvalue weighted by Gasteiger charge is 2.24. The van der Waals surface area contributed by atoms with Gasteiger partial charge in [0.05, 0.1) is 25.4 Å². The molecule has 1 aliphatic rings.